The number of thiazole rings is 1. The van der Waals surface area contributed by atoms with Gasteiger partial charge in [0.15, 0.2) is 4.47 Å². The molecule has 1 amide bonds. The highest BCUT2D eigenvalue weighted by Crippen LogP contribution is 2.20. The van der Waals surface area contributed by atoms with Gasteiger partial charge in [-0.15, -0.1) is 11.3 Å². The number of aromatic nitrogens is 1. The molecular formula is C15H17ClN2O2S. The zero-order valence-electron chi connectivity index (χ0n) is 12.0. The van der Waals surface area contributed by atoms with Crippen molar-refractivity contribution in [2.24, 2.45) is 0 Å². The molecule has 0 N–H and O–H groups in total. The smallest absolute Gasteiger partial charge is 0.253 e. The molecule has 0 saturated heterocycles. The molecule has 2 rings (SSSR count). The minimum Gasteiger partial charge on any atom is -0.488 e. The lowest BCUT2D eigenvalue weighted by Crippen LogP contribution is -2.30. The van der Waals surface area contributed by atoms with Crippen LogP contribution >= 0.6 is 22.9 Å². The summed E-state index contributed by atoms with van der Waals surface area (Å²) in [4.78, 5) is 18.9. The number of carbonyl (C=O) groups excluding carboxylic acids is 1. The summed E-state index contributed by atoms with van der Waals surface area (Å²) in [6, 6.07) is 7.18. The lowest BCUT2D eigenvalue weighted by Gasteiger charge is -2.18. The van der Waals surface area contributed by atoms with Crippen LogP contribution in [0.3, 0.4) is 0 Å². The van der Waals surface area contributed by atoms with Crippen LogP contribution < -0.4 is 4.74 Å². The first-order valence-electron chi connectivity index (χ1n) is 6.76. The second-order valence-electron chi connectivity index (χ2n) is 4.37. The highest BCUT2D eigenvalue weighted by atomic mass is 35.5. The van der Waals surface area contributed by atoms with Gasteiger partial charge in [0, 0.05) is 24.8 Å². The van der Waals surface area contributed by atoms with Crippen molar-refractivity contribution in [2.75, 3.05) is 13.1 Å². The van der Waals surface area contributed by atoms with Crippen LogP contribution in [-0.4, -0.2) is 28.9 Å². The van der Waals surface area contributed by atoms with E-state index >= 15 is 0 Å². The van der Waals surface area contributed by atoms with Crippen molar-refractivity contribution in [2.45, 2.75) is 20.5 Å². The summed E-state index contributed by atoms with van der Waals surface area (Å²) >= 11 is 7.16. The maximum atomic E-state index is 12.2. The number of nitrogens with zero attached hydrogens (tertiary/aromatic N) is 2. The molecule has 0 spiro atoms. The molecule has 1 aromatic carbocycles. The van der Waals surface area contributed by atoms with E-state index in [0.29, 0.717) is 29.7 Å². The summed E-state index contributed by atoms with van der Waals surface area (Å²) in [6.45, 7) is 5.78. The summed E-state index contributed by atoms with van der Waals surface area (Å²) in [6.07, 6.45) is 1.70. The van der Waals surface area contributed by atoms with Gasteiger partial charge in [0.1, 0.15) is 12.4 Å². The number of benzene rings is 1. The molecule has 4 nitrogen and oxygen atoms in total. The number of carbonyl (C=O) groups is 1. The van der Waals surface area contributed by atoms with Crippen LogP contribution in [-0.2, 0) is 6.61 Å². The van der Waals surface area contributed by atoms with E-state index < -0.39 is 0 Å². The molecule has 1 heterocycles. The maximum Gasteiger partial charge on any atom is 0.253 e. The summed E-state index contributed by atoms with van der Waals surface area (Å²) in [5.41, 5.74) is 0.673. The molecule has 0 radical (unpaired) electrons. The molecule has 6 heteroatoms. The lowest BCUT2D eigenvalue weighted by atomic mass is 10.2. The van der Waals surface area contributed by atoms with Crippen molar-refractivity contribution >= 4 is 28.8 Å². The van der Waals surface area contributed by atoms with E-state index in [-0.39, 0.29) is 5.91 Å². The third-order valence-corrected chi connectivity index (χ3v) is 4.15. The van der Waals surface area contributed by atoms with Gasteiger partial charge in [-0.25, -0.2) is 4.98 Å². The number of hydrogen-bond acceptors (Lipinski definition) is 4. The Morgan fingerprint density at radius 2 is 1.95 bits per heavy atom. The Labute approximate surface area is 133 Å². The van der Waals surface area contributed by atoms with E-state index in [0.717, 1.165) is 10.6 Å². The van der Waals surface area contributed by atoms with Crippen molar-refractivity contribution in [3.8, 4) is 5.75 Å². The van der Waals surface area contributed by atoms with Gasteiger partial charge < -0.3 is 9.64 Å². The first-order valence-corrected chi connectivity index (χ1v) is 7.95. The van der Waals surface area contributed by atoms with E-state index in [4.69, 9.17) is 16.3 Å². The van der Waals surface area contributed by atoms with Gasteiger partial charge >= 0.3 is 0 Å². The quantitative estimate of drug-likeness (QED) is 0.810. The Kier molecular flexibility index (Phi) is 5.59. The minimum absolute atomic E-state index is 0.0424. The largest absolute Gasteiger partial charge is 0.488 e. The zero-order valence-corrected chi connectivity index (χ0v) is 13.6. The fraction of sp³-hybridized carbons (Fsp3) is 0.333. The third kappa shape index (κ3) is 4.19. The molecule has 0 aliphatic rings. The molecule has 21 heavy (non-hydrogen) atoms. The number of rotatable bonds is 6. The average Bonchev–Trinajstić information content (AvgIpc) is 2.92. The zero-order chi connectivity index (χ0) is 15.2. The number of ether oxygens (including phenoxy) is 1. The number of halogens is 1. The van der Waals surface area contributed by atoms with Gasteiger partial charge in [0.2, 0.25) is 0 Å². The van der Waals surface area contributed by atoms with Crippen LogP contribution in [0.25, 0.3) is 0 Å². The van der Waals surface area contributed by atoms with Crippen LogP contribution in [0, 0.1) is 0 Å². The molecule has 0 aliphatic carbocycles. The molecule has 0 bridgehead atoms. The summed E-state index contributed by atoms with van der Waals surface area (Å²) in [5, 5.41) is 0. The molecule has 0 saturated carbocycles. The topological polar surface area (TPSA) is 42.4 Å². The minimum atomic E-state index is 0.0424. The van der Waals surface area contributed by atoms with Gasteiger partial charge in [0.25, 0.3) is 5.91 Å². The van der Waals surface area contributed by atoms with Gasteiger partial charge in [-0.1, -0.05) is 11.6 Å². The molecule has 2 aromatic rings. The van der Waals surface area contributed by atoms with Crippen molar-refractivity contribution in [3.63, 3.8) is 0 Å². The Hall–Kier alpha value is -1.59. The van der Waals surface area contributed by atoms with Crippen LogP contribution in [0.5, 0.6) is 5.75 Å². The summed E-state index contributed by atoms with van der Waals surface area (Å²) < 4.78 is 6.15. The fourth-order valence-corrected chi connectivity index (χ4v) is 2.78. The summed E-state index contributed by atoms with van der Waals surface area (Å²) in [5.74, 6) is 0.761. The lowest BCUT2D eigenvalue weighted by molar-refractivity contribution is 0.0773. The van der Waals surface area contributed by atoms with E-state index in [1.807, 2.05) is 13.8 Å². The van der Waals surface area contributed by atoms with Crippen molar-refractivity contribution in [3.05, 3.63) is 45.4 Å². The first kappa shape index (κ1) is 15.8. The molecule has 0 unspecified atom stereocenters. The molecular weight excluding hydrogens is 308 g/mol. The van der Waals surface area contributed by atoms with E-state index in [2.05, 4.69) is 4.98 Å². The Balaban J connectivity index is 1.97. The van der Waals surface area contributed by atoms with Crippen molar-refractivity contribution in [1.29, 1.82) is 0 Å². The second-order valence-corrected chi connectivity index (χ2v) is 6.07. The SMILES string of the molecule is CCN(CC)C(=O)c1ccc(OCc2cnc(Cl)s2)cc1. The van der Waals surface area contributed by atoms with Crippen LogP contribution in [0.1, 0.15) is 29.1 Å². The predicted octanol–water partition coefficient (Wildman–Crippen LogP) is 3.86. The number of amides is 1. The van der Waals surface area contributed by atoms with Gasteiger partial charge in [-0.05, 0) is 38.1 Å². The summed E-state index contributed by atoms with van der Waals surface area (Å²) in [7, 11) is 0. The molecule has 0 fully saturated rings. The van der Waals surface area contributed by atoms with Crippen LogP contribution in [0.15, 0.2) is 30.5 Å². The van der Waals surface area contributed by atoms with Gasteiger partial charge in [0.05, 0.1) is 4.88 Å². The monoisotopic (exact) mass is 324 g/mol. The average molecular weight is 325 g/mol. The molecule has 112 valence electrons. The first-order chi connectivity index (χ1) is 10.1. The fourth-order valence-electron chi connectivity index (χ4n) is 1.89. The number of hydrogen-bond donors (Lipinski definition) is 0. The van der Waals surface area contributed by atoms with E-state index in [1.165, 1.54) is 11.3 Å². The highest BCUT2D eigenvalue weighted by molar-refractivity contribution is 7.15. The molecule has 0 atom stereocenters. The Morgan fingerprint density at radius 3 is 2.48 bits per heavy atom. The van der Waals surface area contributed by atoms with Crippen LogP contribution in [0.2, 0.25) is 4.47 Å². The van der Waals surface area contributed by atoms with Crippen molar-refractivity contribution < 1.29 is 9.53 Å². The van der Waals surface area contributed by atoms with Gasteiger partial charge in [-0.2, -0.15) is 0 Å². The molecule has 1 aromatic heterocycles. The maximum absolute atomic E-state index is 12.2. The van der Waals surface area contributed by atoms with E-state index in [1.54, 1.807) is 35.4 Å². The third-order valence-electron chi connectivity index (χ3n) is 3.06. The normalized spacial score (nSPS) is 10.4. The molecule has 0 aliphatic heterocycles. The standard InChI is InChI=1S/C15H17ClN2O2S/c1-3-18(4-2)14(19)11-5-7-12(8-6-11)20-10-13-9-17-15(16)21-13/h5-9H,3-4,10H2,1-2H3. The van der Waals surface area contributed by atoms with E-state index in [9.17, 15) is 4.79 Å². The Morgan fingerprint density at radius 1 is 1.29 bits per heavy atom. The second kappa shape index (κ2) is 7.43. The van der Waals surface area contributed by atoms with Crippen LogP contribution in [0.4, 0.5) is 0 Å². The van der Waals surface area contributed by atoms with Crippen molar-refractivity contribution in [1.82, 2.24) is 9.88 Å². The highest BCUT2D eigenvalue weighted by Gasteiger charge is 2.12. The Bertz CT molecular complexity index is 594. The van der Waals surface area contributed by atoms with Gasteiger partial charge in [-0.3, -0.25) is 4.79 Å². The predicted molar refractivity (Wildman–Crippen MR) is 85.1 cm³/mol.